The van der Waals surface area contributed by atoms with Crippen LogP contribution in [0.1, 0.15) is 60.2 Å². The summed E-state index contributed by atoms with van der Waals surface area (Å²) in [6.45, 7) is 4.92. The second-order valence-electron chi connectivity index (χ2n) is 4.56. The van der Waals surface area contributed by atoms with E-state index in [1.54, 1.807) is 24.3 Å². The maximum absolute atomic E-state index is 11.7. The predicted molar refractivity (Wildman–Crippen MR) is 85.0 cm³/mol. The molecule has 0 saturated carbocycles. The van der Waals surface area contributed by atoms with Crippen molar-refractivity contribution < 1.29 is 24.2 Å². The molecule has 0 heterocycles. The highest BCUT2D eigenvalue weighted by Crippen LogP contribution is 2.08. The summed E-state index contributed by atoms with van der Waals surface area (Å²) in [5.41, 5.74) is 0.900. The predicted octanol–water partition coefficient (Wildman–Crippen LogP) is 3.21. The molecule has 0 amide bonds. The number of hydrogen-bond donors (Lipinski definition) is 1. The van der Waals surface area contributed by atoms with Crippen molar-refractivity contribution in [2.45, 2.75) is 39.5 Å². The molecule has 0 atom stereocenters. The summed E-state index contributed by atoms with van der Waals surface area (Å²) in [6.07, 6.45) is 3.67. The largest absolute Gasteiger partial charge is 0.462 e. The van der Waals surface area contributed by atoms with E-state index in [1.807, 2.05) is 13.8 Å². The highest BCUT2D eigenvalue weighted by molar-refractivity contribution is 5.93. The van der Waals surface area contributed by atoms with E-state index in [2.05, 4.69) is 0 Å². The summed E-state index contributed by atoms with van der Waals surface area (Å²) >= 11 is 0. The van der Waals surface area contributed by atoms with E-state index in [0.29, 0.717) is 24.3 Å². The number of aliphatic hydroxyl groups is 1. The van der Waals surface area contributed by atoms with Gasteiger partial charge >= 0.3 is 11.9 Å². The van der Waals surface area contributed by atoms with Crippen LogP contribution in [0.25, 0.3) is 0 Å². The van der Waals surface area contributed by atoms with Crippen LogP contribution in [0.2, 0.25) is 0 Å². The third-order valence-electron chi connectivity index (χ3n) is 2.82. The van der Waals surface area contributed by atoms with Gasteiger partial charge in [-0.15, -0.1) is 0 Å². The summed E-state index contributed by atoms with van der Waals surface area (Å²) in [4.78, 5) is 23.3. The summed E-state index contributed by atoms with van der Waals surface area (Å²) in [7, 11) is 1.00. The summed E-state index contributed by atoms with van der Waals surface area (Å²) in [5, 5.41) is 7.00. The lowest BCUT2D eigenvalue weighted by Gasteiger charge is -2.06. The van der Waals surface area contributed by atoms with Crippen LogP contribution in [-0.2, 0) is 9.47 Å². The second kappa shape index (κ2) is 12.8. The smallest absolute Gasteiger partial charge is 0.338 e. The molecule has 1 N–H and O–H groups in total. The minimum Gasteiger partial charge on any atom is -0.462 e. The molecule has 0 aromatic heterocycles. The van der Waals surface area contributed by atoms with E-state index in [9.17, 15) is 9.59 Å². The number of benzene rings is 1. The third kappa shape index (κ3) is 7.78. The summed E-state index contributed by atoms with van der Waals surface area (Å²) in [6, 6.07) is 6.35. The van der Waals surface area contributed by atoms with Crippen molar-refractivity contribution in [3.8, 4) is 0 Å². The van der Waals surface area contributed by atoms with E-state index in [0.717, 1.165) is 32.8 Å². The maximum atomic E-state index is 11.7. The number of ether oxygens (including phenoxy) is 2. The molecule has 0 spiro atoms. The van der Waals surface area contributed by atoms with Gasteiger partial charge in [-0.1, -0.05) is 26.7 Å². The lowest BCUT2D eigenvalue weighted by Crippen LogP contribution is -2.09. The van der Waals surface area contributed by atoms with Gasteiger partial charge in [0.25, 0.3) is 0 Å². The zero-order valence-electron chi connectivity index (χ0n) is 13.6. The van der Waals surface area contributed by atoms with Gasteiger partial charge in [0.15, 0.2) is 0 Å². The van der Waals surface area contributed by atoms with E-state index in [4.69, 9.17) is 14.6 Å². The number of aliphatic hydroxyl groups excluding tert-OH is 1. The molecule has 0 aliphatic carbocycles. The first-order valence-corrected chi connectivity index (χ1v) is 7.58. The van der Waals surface area contributed by atoms with Crippen molar-refractivity contribution in [2.75, 3.05) is 20.3 Å². The van der Waals surface area contributed by atoms with Gasteiger partial charge in [-0.05, 0) is 37.1 Å². The van der Waals surface area contributed by atoms with Crippen LogP contribution < -0.4 is 0 Å². The Bertz CT molecular complexity index is 384. The molecule has 0 aliphatic heterocycles. The Hall–Kier alpha value is -1.88. The Balaban J connectivity index is 0.00000211. The first kappa shape index (κ1) is 20.1. The van der Waals surface area contributed by atoms with E-state index in [-0.39, 0.29) is 11.9 Å². The van der Waals surface area contributed by atoms with Gasteiger partial charge in [0.1, 0.15) is 0 Å². The van der Waals surface area contributed by atoms with Gasteiger partial charge in [0.2, 0.25) is 0 Å². The van der Waals surface area contributed by atoms with Gasteiger partial charge in [-0.25, -0.2) is 9.59 Å². The van der Waals surface area contributed by atoms with Gasteiger partial charge < -0.3 is 14.6 Å². The van der Waals surface area contributed by atoms with Gasteiger partial charge in [-0.2, -0.15) is 0 Å². The van der Waals surface area contributed by atoms with Crippen LogP contribution in [0.15, 0.2) is 24.3 Å². The average molecular weight is 310 g/mol. The zero-order chi connectivity index (χ0) is 16.8. The van der Waals surface area contributed by atoms with Crippen molar-refractivity contribution in [1.29, 1.82) is 0 Å². The minimum absolute atomic E-state index is 0.357. The number of hydrogen-bond acceptors (Lipinski definition) is 5. The van der Waals surface area contributed by atoms with Crippen molar-refractivity contribution in [3.63, 3.8) is 0 Å². The Morgan fingerprint density at radius 2 is 1.14 bits per heavy atom. The van der Waals surface area contributed by atoms with Gasteiger partial charge in [0, 0.05) is 7.11 Å². The molecule has 5 heteroatoms. The van der Waals surface area contributed by atoms with Crippen LogP contribution in [0, 0.1) is 0 Å². The molecule has 0 bridgehead atoms. The van der Waals surface area contributed by atoms with Gasteiger partial charge in [-0.3, -0.25) is 0 Å². The molecule has 1 rings (SSSR count). The van der Waals surface area contributed by atoms with Crippen molar-refractivity contribution in [2.24, 2.45) is 0 Å². The fourth-order valence-corrected chi connectivity index (χ4v) is 1.53. The Kier molecular flexibility index (Phi) is 11.7. The standard InChI is InChI=1S/C16H22O4.CH4O/c1-3-5-11-19-15(17)13-7-9-14(10-8-13)16(18)20-12-6-4-2;1-2/h7-10H,3-6,11-12H2,1-2H3;2H,1H3. The van der Waals surface area contributed by atoms with Crippen LogP contribution in [0.4, 0.5) is 0 Å². The first-order valence-electron chi connectivity index (χ1n) is 7.58. The lowest BCUT2D eigenvalue weighted by atomic mass is 10.1. The van der Waals surface area contributed by atoms with Crippen molar-refractivity contribution in [1.82, 2.24) is 0 Å². The molecular weight excluding hydrogens is 284 g/mol. The highest BCUT2D eigenvalue weighted by Gasteiger charge is 2.10. The quantitative estimate of drug-likeness (QED) is 0.589. The van der Waals surface area contributed by atoms with E-state index < -0.39 is 0 Å². The number of esters is 2. The lowest BCUT2D eigenvalue weighted by molar-refractivity contribution is 0.0485. The molecule has 124 valence electrons. The highest BCUT2D eigenvalue weighted by atomic mass is 16.5. The molecule has 0 radical (unpaired) electrons. The van der Waals surface area contributed by atoms with E-state index in [1.165, 1.54) is 0 Å². The number of carbonyl (C=O) groups excluding carboxylic acids is 2. The monoisotopic (exact) mass is 310 g/mol. The van der Waals surface area contributed by atoms with Crippen molar-refractivity contribution >= 4 is 11.9 Å². The molecule has 1 aromatic rings. The van der Waals surface area contributed by atoms with Crippen LogP contribution >= 0.6 is 0 Å². The molecule has 0 saturated heterocycles. The molecule has 22 heavy (non-hydrogen) atoms. The van der Waals surface area contributed by atoms with Crippen LogP contribution in [0.3, 0.4) is 0 Å². The van der Waals surface area contributed by atoms with Crippen LogP contribution in [0.5, 0.6) is 0 Å². The summed E-state index contributed by atoms with van der Waals surface area (Å²) < 4.78 is 10.2. The topological polar surface area (TPSA) is 72.8 Å². The maximum Gasteiger partial charge on any atom is 0.338 e. The fourth-order valence-electron chi connectivity index (χ4n) is 1.53. The Morgan fingerprint density at radius 1 is 0.818 bits per heavy atom. The average Bonchev–Trinajstić information content (AvgIpc) is 2.57. The summed E-state index contributed by atoms with van der Waals surface area (Å²) in [5.74, 6) is -0.714. The molecule has 0 fully saturated rings. The molecule has 0 aliphatic rings. The fraction of sp³-hybridized carbons (Fsp3) is 0.529. The van der Waals surface area contributed by atoms with Gasteiger partial charge in [0.05, 0.1) is 24.3 Å². The molecule has 5 nitrogen and oxygen atoms in total. The first-order chi connectivity index (χ1) is 10.7. The normalized spacial score (nSPS) is 9.45. The Labute approximate surface area is 132 Å². The van der Waals surface area contributed by atoms with Crippen LogP contribution in [-0.4, -0.2) is 37.4 Å². The Morgan fingerprint density at radius 3 is 1.41 bits per heavy atom. The molecule has 0 unspecified atom stereocenters. The minimum atomic E-state index is -0.357. The van der Waals surface area contributed by atoms with E-state index >= 15 is 0 Å². The second-order valence-corrected chi connectivity index (χ2v) is 4.56. The zero-order valence-corrected chi connectivity index (χ0v) is 13.6. The molecular formula is C17H26O5. The molecule has 1 aromatic carbocycles. The SMILES string of the molecule is CCCCOC(=O)c1ccc(C(=O)OCCCC)cc1.CO. The third-order valence-corrected chi connectivity index (χ3v) is 2.82. The number of unbranched alkanes of at least 4 members (excludes halogenated alkanes) is 2. The number of carbonyl (C=O) groups is 2. The number of rotatable bonds is 8. The van der Waals surface area contributed by atoms with Crippen molar-refractivity contribution in [3.05, 3.63) is 35.4 Å².